The molecule has 0 radical (unpaired) electrons. The molecule has 2 heterocycles. The number of nitrogens with one attached hydrogen (secondary N) is 1. The minimum absolute atomic E-state index is 0.292. The first kappa shape index (κ1) is 13.7. The Kier molecular flexibility index (Phi) is 3.63. The number of benzene rings is 1. The molecule has 110 valence electrons. The fourth-order valence-corrected chi connectivity index (χ4v) is 3.37. The summed E-state index contributed by atoms with van der Waals surface area (Å²) in [6.07, 6.45) is 2.48. The molecule has 0 atom stereocenters. The van der Waals surface area contributed by atoms with Crippen molar-refractivity contribution in [1.29, 1.82) is 0 Å². The second-order valence-electron chi connectivity index (χ2n) is 6.99. The molecule has 3 rings (SSSR count). The van der Waals surface area contributed by atoms with Crippen LogP contribution < -0.4 is 10.2 Å². The lowest BCUT2D eigenvalue weighted by Gasteiger charge is -2.43. The number of fused-ring (bicyclic) bond motifs is 1. The molecule has 1 saturated heterocycles. The van der Waals surface area contributed by atoms with Crippen LogP contribution in [0.15, 0.2) is 18.2 Å². The number of anilines is 2. The van der Waals surface area contributed by atoms with Crippen LogP contribution in [0.3, 0.4) is 0 Å². The Morgan fingerprint density at radius 3 is 2.50 bits per heavy atom. The van der Waals surface area contributed by atoms with Gasteiger partial charge in [-0.3, -0.25) is 4.90 Å². The Hall–Kier alpha value is -1.22. The van der Waals surface area contributed by atoms with Crippen LogP contribution in [0.4, 0.5) is 11.4 Å². The molecule has 1 aromatic carbocycles. The summed E-state index contributed by atoms with van der Waals surface area (Å²) in [6, 6.07) is 6.78. The van der Waals surface area contributed by atoms with Gasteiger partial charge in [0.1, 0.15) is 0 Å². The first-order valence-corrected chi connectivity index (χ1v) is 7.91. The maximum absolute atomic E-state index is 3.61. The van der Waals surface area contributed by atoms with Gasteiger partial charge in [-0.05, 0) is 45.2 Å². The molecule has 0 unspecified atom stereocenters. The normalized spacial score (nSPS) is 20.4. The molecule has 0 saturated carbocycles. The van der Waals surface area contributed by atoms with Gasteiger partial charge < -0.3 is 10.2 Å². The highest BCUT2D eigenvalue weighted by molar-refractivity contribution is 5.74. The van der Waals surface area contributed by atoms with Crippen LogP contribution in [0, 0.1) is 0 Å². The zero-order valence-electron chi connectivity index (χ0n) is 13.1. The molecule has 0 spiro atoms. The van der Waals surface area contributed by atoms with E-state index in [4.69, 9.17) is 0 Å². The Bertz CT molecular complexity index is 468. The highest BCUT2D eigenvalue weighted by Crippen LogP contribution is 2.33. The van der Waals surface area contributed by atoms with Crippen molar-refractivity contribution in [2.45, 2.75) is 39.2 Å². The molecule has 0 amide bonds. The van der Waals surface area contributed by atoms with Crippen molar-refractivity contribution in [2.24, 2.45) is 0 Å². The van der Waals surface area contributed by atoms with E-state index in [0.717, 1.165) is 32.7 Å². The molecule has 20 heavy (non-hydrogen) atoms. The molecular formula is C17H27N3. The van der Waals surface area contributed by atoms with Crippen LogP contribution in [0.2, 0.25) is 0 Å². The van der Waals surface area contributed by atoms with Gasteiger partial charge in [-0.25, -0.2) is 0 Å². The molecule has 3 heteroatoms. The first-order chi connectivity index (χ1) is 9.55. The number of piperazine rings is 1. The lowest BCUT2D eigenvalue weighted by atomic mass is 10.0. The van der Waals surface area contributed by atoms with E-state index in [1.54, 1.807) is 0 Å². The fourth-order valence-electron chi connectivity index (χ4n) is 3.37. The average Bonchev–Trinajstić information content (AvgIpc) is 2.46. The SMILES string of the molecule is CC(C)(C)N1CCN(c2cccc3c2NCCC3)CC1. The van der Waals surface area contributed by atoms with Crippen molar-refractivity contribution in [3.05, 3.63) is 23.8 Å². The van der Waals surface area contributed by atoms with Gasteiger partial charge >= 0.3 is 0 Å². The maximum atomic E-state index is 3.61. The van der Waals surface area contributed by atoms with E-state index < -0.39 is 0 Å². The van der Waals surface area contributed by atoms with Crippen LogP contribution in [0.5, 0.6) is 0 Å². The summed E-state index contributed by atoms with van der Waals surface area (Å²) in [7, 11) is 0. The average molecular weight is 273 g/mol. The quantitative estimate of drug-likeness (QED) is 0.848. The maximum Gasteiger partial charge on any atom is 0.0610 e. The van der Waals surface area contributed by atoms with Crippen molar-refractivity contribution in [3.8, 4) is 0 Å². The fraction of sp³-hybridized carbons (Fsp3) is 0.647. The van der Waals surface area contributed by atoms with E-state index in [2.05, 4.69) is 54.1 Å². The Labute approximate surface area is 123 Å². The Morgan fingerprint density at radius 2 is 1.80 bits per heavy atom. The summed E-state index contributed by atoms with van der Waals surface area (Å²) in [5.74, 6) is 0. The molecule has 2 aliphatic heterocycles. The second kappa shape index (κ2) is 5.28. The molecule has 1 aromatic rings. The lowest BCUT2D eigenvalue weighted by Crippen LogP contribution is -2.53. The van der Waals surface area contributed by atoms with Crippen LogP contribution in [0.1, 0.15) is 32.8 Å². The van der Waals surface area contributed by atoms with E-state index >= 15 is 0 Å². The van der Waals surface area contributed by atoms with Gasteiger partial charge in [0, 0.05) is 38.3 Å². The third-order valence-electron chi connectivity index (χ3n) is 4.62. The number of nitrogens with zero attached hydrogens (tertiary/aromatic N) is 2. The zero-order chi connectivity index (χ0) is 14.2. The summed E-state index contributed by atoms with van der Waals surface area (Å²) >= 11 is 0. The number of para-hydroxylation sites is 1. The second-order valence-corrected chi connectivity index (χ2v) is 6.99. The molecule has 0 bridgehead atoms. The molecule has 0 aromatic heterocycles. The van der Waals surface area contributed by atoms with Crippen molar-refractivity contribution >= 4 is 11.4 Å². The van der Waals surface area contributed by atoms with Crippen molar-refractivity contribution in [2.75, 3.05) is 42.9 Å². The van der Waals surface area contributed by atoms with Gasteiger partial charge in [0.2, 0.25) is 0 Å². The van der Waals surface area contributed by atoms with Crippen LogP contribution in [-0.2, 0) is 6.42 Å². The zero-order valence-corrected chi connectivity index (χ0v) is 13.1. The van der Waals surface area contributed by atoms with Crippen LogP contribution >= 0.6 is 0 Å². The lowest BCUT2D eigenvalue weighted by molar-refractivity contribution is 0.128. The molecule has 1 fully saturated rings. The van der Waals surface area contributed by atoms with Crippen LogP contribution in [-0.4, -0.2) is 43.2 Å². The summed E-state index contributed by atoms with van der Waals surface area (Å²) in [6.45, 7) is 12.6. The van der Waals surface area contributed by atoms with E-state index in [1.165, 1.54) is 29.8 Å². The highest BCUT2D eigenvalue weighted by atomic mass is 15.3. The largest absolute Gasteiger partial charge is 0.383 e. The van der Waals surface area contributed by atoms with E-state index in [1.807, 2.05) is 0 Å². The Balaban J connectivity index is 1.76. The van der Waals surface area contributed by atoms with Gasteiger partial charge in [0.15, 0.2) is 0 Å². The predicted octanol–water partition coefficient (Wildman–Crippen LogP) is 2.97. The summed E-state index contributed by atoms with van der Waals surface area (Å²) < 4.78 is 0. The van der Waals surface area contributed by atoms with Gasteiger partial charge in [0.25, 0.3) is 0 Å². The molecule has 3 nitrogen and oxygen atoms in total. The number of rotatable bonds is 1. The van der Waals surface area contributed by atoms with Crippen LogP contribution in [0.25, 0.3) is 0 Å². The first-order valence-electron chi connectivity index (χ1n) is 7.91. The van der Waals surface area contributed by atoms with Crippen molar-refractivity contribution < 1.29 is 0 Å². The molecule has 1 N–H and O–H groups in total. The summed E-state index contributed by atoms with van der Waals surface area (Å²) in [4.78, 5) is 5.14. The minimum Gasteiger partial charge on any atom is -0.383 e. The molecular weight excluding hydrogens is 246 g/mol. The standard InChI is InChI=1S/C17H27N3/c1-17(2,3)20-12-10-19(11-13-20)15-8-4-6-14-7-5-9-18-16(14)15/h4,6,8,18H,5,7,9-13H2,1-3H3. The highest BCUT2D eigenvalue weighted by Gasteiger charge is 2.27. The number of hydrogen-bond donors (Lipinski definition) is 1. The summed E-state index contributed by atoms with van der Waals surface area (Å²) in [5.41, 5.74) is 4.59. The van der Waals surface area contributed by atoms with E-state index in [-0.39, 0.29) is 0 Å². The van der Waals surface area contributed by atoms with Crippen molar-refractivity contribution in [3.63, 3.8) is 0 Å². The smallest absolute Gasteiger partial charge is 0.0610 e. The third kappa shape index (κ3) is 2.64. The monoisotopic (exact) mass is 273 g/mol. The summed E-state index contributed by atoms with van der Waals surface area (Å²) in [5, 5.41) is 3.61. The van der Waals surface area contributed by atoms with E-state index in [0.29, 0.717) is 5.54 Å². The predicted molar refractivity (Wildman–Crippen MR) is 86.8 cm³/mol. The molecule has 0 aliphatic carbocycles. The minimum atomic E-state index is 0.292. The number of aryl methyl sites for hydroxylation is 1. The van der Waals surface area contributed by atoms with Gasteiger partial charge in [-0.2, -0.15) is 0 Å². The van der Waals surface area contributed by atoms with Gasteiger partial charge in [-0.15, -0.1) is 0 Å². The third-order valence-corrected chi connectivity index (χ3v) is 4.62. The van der Waals surface area contributed by atoms with Gasteiger partial charge in [0.05, 0.1) is 11.4 Å². The number of hydrogen-bond acceptors (Lipinski definition) is 3. The van der Waals surface area contributed by atoms with Gasteiger partial charge in [-0.1, -0.05) is 12.1 Å². The molecule has 2 aliphatic rings. The van der Waals surface area contributed by atoms with Crippen molar-refractivity contribution in [1.82, 2.24) is 4.90 Å². The topological polar surface area (TPSA) is 18.5 Å². The van der Waals surface area contributed by atoms with E-state index in [9.17, 15) is 0 Å². The Morgan fingerprint density at radius 1 is 1.05 bits per heavy atom.